The van der Waals surface area contributed by atoms with Crippen molar-refractivity contribution in [2.75, 3.05) is 6.61 Å². The topological polar surface area (TPSA) is 44.8 Å². The van der Waals surface area contributed by atoms with Crippen molar-refractivity contribution in [1.29, 1.82) is 0 Å². The number of carbonyl (C=O) groups is 1. The summed E-state index contributed by atoms with van der Waals surface area (Å²) in [5.74, 6) is 2.96. The van der Waals surface area contributed by atoms with Crippen molar-refractivity contribution < 1.29 is 19.0 Å². The Kier molecular flexibility index (Phi) is 5.01. The van der Waals surface area contributed by atoms with E-state index in [0.29, 0.717) is 23.9 Å². The number of hydrogen-bond acceptors (Lipinski definition) is 4. The van der Waals surface area contributed by atoms with E-state index in [1.165, 1.54) is 26.2 Å². The Bertz CT molecular complexity index is 891. The predicted octanol–water partition coefficient (Wildman–Crippen LogP) is 5.91. The first-order valence-electron chi connectivity index (χ1n) is 12.6. The van der Waals surface area contributed by atoms with Crippen LogP contribution in [0.25, 0.3) is 0 Å². The van der Waals surface area contributed by atoms with E-state index in [4.69, 9.17) is 14.2 Å². The van der Waals surface area contributed by atoms with Crippen LogP contribution in [0.4, 0.5) is 0 Å². The molecule has 1 aromatic carbocycles. The average molecular weight is 503 g/mol. The molecule has 9 unspecified atom stereocenters. The van der Waals surface area contributed by atoms with E-state index < -0.39 is 0 Å². The molecule has 6 rings (SSSR count). The zero-order chi connectivity index (χ0) is 22.1. The van der Waals surface area contributed by atoms with Crippen LogP contribution in [-0.4, -0.2) is 35.2 Å². The molecule has 1 heterocycles. The van der Waals surface area contributed by atoms with Gasteiger partial charge in [0, 0.05) is 24.2 Å². The summed E-state index contributed by atoms with van der Waals surface area (Å²) in [4.78, 5) is 11.6. The van der Waals surface area contributed by atoms with Crippen molar-refractivity contribution in [3.05, 3.63) is 30.3 Å². The third kappa shape index (κ3) is 2.92. The lowest BCUT2D eigenvalue weighted by Gasteiger charge is -2.62. The van der Waals surface area contributed by atoms with Crippen molar-refractivity contribution in [1.82, 2.24) is 0 Å². The van der Waals surface area contributed by atoms with Gasteiger partial charge in [0.15, 0.2) is 0 Å². The first-order valence-corrected chi connectivity index (χ1v) is 13.3. The van der Waals surface area contributed by atoms with E-state index in [0.717, 1.165) is 44.5 Å². The molecule has 4 saturated carbocycles. The van der Waals surface area contributed by atoms with Crippen molar-refractivity contribution in [2.45, 2.75) is 87.9 Å². The lowest BCUT2D eigenvalue weighted by Crippen LogP contribution is -2.64. The van der Waals surface area contributed by atoms with Gasteiger partial charge in [-0.1, -0.05) is 41.1 Å². The zero-order valence-electron chi connectivity index (χ0n) is 19.2. The van der Waals surface area contributed by atoms with E-state index in [9.17, 15) is 4.79 Å². The van der Waals surface area contributed by atoms with Crippen LogP contribution in [0.1, 0.15) is 65.2 Å². The van der Waals surface area contributed by atoms with Gasteiger partial charge in [-0.05, 0) is 74.8 Å². The van der Waals surface area contributed by atoms with Crippen LogP contribution in [0.15, 0.2) is 30.3 Å². The Balaban J connectivity index is 1.26. The summed E-state index contributed by atoms with van der Waals surface area (Å²) in [7, 11) is 0. The summed E-state index contributed by atoms with van der Waals surface area (Å²) in [6.45, 7) is 4.90. The Morgan fingerprint density at radius 3 is 2.69 bits per heavy atom. The molecule has 1 aromatic rings. The molecule has 5 fully saturated rings. The Morgan fingerprint density at radius 1 is 1.09 bits per heavy atom. The summed E-state index contributed by atoms with van der Waals surface area (Å²) < 4.78 is 18.8. The Morgan fingerprint density at radius 2 is 1.91 bits per heavy atom. The number of rotatable bonds is 3. The van der Waals surface area contributed by atoms with Gasteiger partial charge < -0.3 is 14.2 Å². The quantitative estimate of drug-likeness (QED) is 0.380. The second-order valence-electron chi connectivity index (χ2n) is 11.4. The number of fused-ring (bicyclic) bond motifs is 3. The fourth-order valence-corrected chi connectivity index (χ4v) is 10.1. The molecule has 0 N–H and O–H groups in total. The van der Waals surface area contributed by atoms with Gasteiger partial charge in [0.2, 0.25) is 0 Å². The number of ether oxygens (including phenoxy) is 3. The molecule has 4 nitrogen and oxygen atoms in total. The maximum atomic E-state index is 11.6. The third-order valence-electron chi connectivity index (χ3n) is 10.2. The number of esters is 1. The highest BCUT2D eigenvalue weighted by atomic mass is 79.9. The molecule has 2 bridgehead atoms. The van der Waals surface area contributed by atoms with Gasteiger partial charge >= 0.3 is 5.97 Å². The SMILES string of the molecule is CC(=O)OC1CCC23COC(CC4C5CCC(Oc6ccccc6)C5(C)CCC42)C3(Br)C1. The fraction of sp³-hybridized carbons (Fsp3) is 0.741. The van der Waals surface area contributed by atoms with Gasteiger partial charge in [0.05, 0.1) is 17.0 Å². The first kappa shape index (κ1) is 21.5. The Labute approximate surface area is 199 Å². The molecule has 4 aliphatic carbocycles. The van der Waals surface area contributed by atoms with Crippen LogP contribution >= 0.6 is 15.9 Å². The molecular weight excluding hydrogens is 468 g/mol. The molecule has 0 aromatic heterocycles. The van der Waals surface area contributed by atoms with Crippen LogP contribution in [0.3, 0.4) is 0 Å². The third-order valence-corrected chi connectivity index (χ3v) is 11.8. The summed E-state index contributed by atoms with van der Waals surface area (Å²) in [6, 6.07) is 10.4. The standard InChI is InChI=1S/C27H35BrO4/c1-17(29)31-19-10-13-26-16-30-24(27(26,28)15-19)14-20-21-8-9-23(25(21,2)12-11-22(20)26)32-18-6-4-3-5-7-18/h3-7,19-24H,8-16H2,1-2H3. The number of halogens is 1. The van der Waals surface area contributed by atoms with Gasteiger partial charge in [0.25, 0.3) is 0 Å². The molecule has 1 saturated heterocycles. The normalized spacial score (nSPS) is 49.0. The molecule has 5 heteroatoms. The van der Waals surface area contributed by atoms with Crippen molar-refractivity contribution >= 4 is 21.9 Å². The minimum atomic E-state index is -0.159. The van der Waals surface area contributed by atoms with Crippen molar-refractivity contribution in [3.8, 4) is 5.75 Å². The summed E-state index contributed by atoms with van der Waals surface area (Å²) in [5.41, 5.74) is 0.422. The fourth-order valence-electron chi connectivity index (χ4n) is 8.84. The molecule has 0 radical (unpaired) electrons. The highest BCUT2D eigenvalue weighted by Gasteiger charge is 2.72. The van der Waals surface area contributed by atoms with E-state index in [2.05, 4.69) is 53.2 Å². The molecular formula is C27H35BrO4. The first-order chi connectivity index (χ1) is 15.4. The molecule has 0 amide bonds. The molecule has 32 heavy (non-hydrogen) atoms. The lowest BCUT2D eigenvalue weighted by atomic mass is 9.45. The summed E-state index contributed by atoms with van der Waals surface area (Å²) in [6.07, 6.45) is 9.55. The summed E-state index contributed by atoms with van der Waals surface area (Å²) in [5, 5.41) is 0. The monoisotopic (exact) mass is 502 g/mol. The van der Waals surface area contributed by atoms with Crippen LogP contribution in [0, 0.1) is 28.6 Å². The van der Waals surface area contributed by atoms with Gasteiger partial charge in [-0.3, -0.25) is 4.79 Å². The van der Waals surface area contributed by atoms with Gasteiger partial charge in [-0.15, -0.1) is 0 Å². The van der Waals surface area contributed by atoms with Crippen LogP contribution in [0.2, 0.25) is 0 Å². The number of benzene rings is 1. The molecule has 1 aliphatic heterocycles. The zero-order valence-corrected chi connectivity index (χ0v) is 20.8. The predicted molar refractivity (Wildman–Crippen MR) is 126 cm³/mol. The van der Waals surface area contributed by atoms with Gasteiger partial charge in [0.1, 0.15) is 18.0 Å². The maximum absolute atomic E-state index is 11.6. The summed E-state index contributed by atoms with van der Waals surface area (Å²) >= 11 is 4.25. The van der Waals surface area contributed by atoms with E-state index in [-0.39, 0.29) is 33.3 Å². The molecule has 9 atom stereocenters. The highest BCUT2D eigenvalue weighted by molar-refractivity contribution is 9.10. The van der Waals surface area contributed by atoms with Gasteiger partial charge in [-0.2, -0.15) is 0 Å². The van der Waals surface area contributed by atoms with E-state index in [1.54, 1.807) is 0 Å². The van der Waals surface area contributed by atoms with Gasteiger partial charge in [-0.25, -0.2) is 0 Å². The van der Waals surface area contributed by atoms with Crippen LogP contribution in [-0.2, 0) is 14.3 Å². The highest BCUT2D eigenvalue weighted by Crippen LogP contribution is 2.72. The van der Waals surface area contributed by atoms with Crippen LogP contribution < -0.4 is 4.74 Å². The van der Waals surface area contributed by atoms with Crippen molar-refractivity contribution in [2.24, 2.45) is 28.6 Å². The van der Waals surface area contributed by atoms with Crippen LogP contribution in [0.5, 0.6) is 5.75 Å². The lowest BCUT2D eigenvalue weighted by molar-refractivity contribution is -0.154. The number of para-hydroxylation sites is 1. The molecule has 174 valence electrons. The minimum Gasteiger partial charge on any atom is -0.490 e. The Hall–Kier alpha value is -1.07. The minimum absolute atomic E-state index is 0.0183. The van der Waals surface area contributed by atoms with E-state index >= 15 is 0 Å². The second-order valence-corrected chi connectivity index (χ2v) is 12.9. The van der Waals surface area contributed by atoms with E-state index in [1.807, 2.05) is 0 Å². The van der Waals surface area contributed by atoms with Crippen molar-refractivity contribution in [3.63, 3.8) is 0 Å². The number of hydrogen-bond donors (Lipinski definition) is 0. The number of alkyl halides is 1. The second kappa shape index (κ2) is 7.46. The maximum Gasteiger partial charge on any atom is 0.302 e. The average Bonchev–Trinajstić information content (AvgIpc) is 3.16. The largest absolute Gasteiger partial charge is 0.490 e. The smallest absolute Gasteiger partial charge is 0.302 e. The molecule has 0 spiro atoms. The number of carbonyl (C=O) groups excluding carboxylic acids is 1. The molecule has 5 aliphatic rings.